The van der Waals surface area contributed by atoms with Crippen molar-refractivity contribution in [2.24, 2.45) is 0 Å². The van der Waals surface area contributed by atoms with Crippen molar-refractivity contribution in [3.8, 4) is 11.5 Å². The minimum absolute atomic E-state index is 0.00708. The molecule has 0 saturated carbocycles. The van der Waals surface area contributed by atoms with Crippen LogP contribution in [0.15, 0.2) is 47.4 Å². The van der Waals surface area contributed by atoms with Gasteiger partial charge in [0.25, 0.3) is 11.1 Å². The van der Waals surface area contributed by atoms with Crippen molar-refractivity contribution in [2.45, 2.75) is 20.4 Å². The van der Waals surface area contributed by atoms with Crippen LogP contribution in [0.25, 0.3) is 6.08 Å². The van der Waals surface area contributed by atoms with E-state index in [1.807, 2.05) is 31.2 Å². The Balaban J connectivity index is 1.64. The first-order chi connectivity index (χ1) is 14.4. The smallest absolute Gasteiger partial charge is 0.294 e. The van der Waals surface area contributed by atoms with E-state index in [0.29, 0.717) is 24.5 Å². The number of thioether (sulfide) groups is 1. The Morgan fingerprint density at radius 3 is 2.63 bits per heavy atom. The molecule has 7 nitrogen and oxygen atoms in total. The van der Waals surface area contributed by atoms with Gasteiger partial charge in [0.1, 0.15) is 6.54 Å². The Hall–Kier alpha value is -3.26. The molecule has 156 valence electrons. The normalized spacial score (nSPS) is 15.0. The zero-order chi connectivity index (χ0) is 21.7. The van der Waals surface area contributed by atoms with Crippen LogP contribution in [0.3, 0.4) is 0 Å². The largest absolute Gasteiger partial charge is 0.504 e. The average Bonchev–Trinajstić information content (AvgIpc) is 2.97. The fraction of sp³-hybridized carbons (Fsp3) is 0.227. The SMILES string of the molecule is CCOc1cc(/C=C2\SC(=O)N(CC(=O)NCc3ccc(C)cc3)C2=O)ccc1O. The van der Waals surface area contributed by atoms with Crippen molar-refractivity contribution in [1.29, 1.82) is 0 Å². The number of carbonyl (C=O) groups is 3. The van der Waals surface area contributed by atoms with Gasteiger partial charge in [0.15, 0.2) is 11.5 Å². The Morgan fingerprint density at radius 2 is 1.93 bits per heavy atom. The molecule has 1 aliphatic rings. The Morgan fingerprint density at radius 1 is 1.20 bits per heavy atom. The third kappa shape index (κ3) is 5.21. The number of benzene rings is 2. The van der Waals surface area contributed by atoms with Crippen molar-refractivity contribution in [3.63, 3.8) is 0 Å². The van der Waals surface area contributed by atoms with Crippen molar-refractivity contribution in [1.82, 2.24) is 10.2 Å². The number of amides is 3. The molecule has 0 radical (unpaired) electrons. The van der Waals surface area contributed by atoms with Gasteiger partial charge in [-0.1, -0.05) is 35.9 Å². The lowest BCUT2D eigenvalue weighted by Crippen LogP contribution is -2.39. The van der Waals surface area contributed by atoms with E-state index in [1.165, 1.54) is 12.1 Å². The average molecular weight is 426 g/mol. The number of ether oxygens (including phenoxy) is 1. The molecular weight excluding hydrogens is 404 g/mol. The van der Waals surface area contributed by atoms with Gasteiger partial charge in [-0.15, -0.1) is 0 Å². The lowest BCUT2D eigenvalue weighted by atomic mass is 10.1. The summed E-state index contributed by atoms with van der Waals surface area (Å²) in [4.78, 5) is 38.2. The van der Waals surface area contributed by atoms with Crippen molar-refractivity contribution in [2.75, 3.05) is 13.2 Å². The van der Waals surface area contributed by atoms with Gasteiger partial charge in [-0.05, 0) is 54.9 Å². The first kappa shape index (κ1) is 21.4. The number of carbonyl (C=O) groups excluding carboxylic acids is 3. The second kappa shape index (κ2) is 9.49. The number of hydrogen-bond acceptors (Lipinski definition) is 6. The van der Waals surface area contributed by atoms with Crippen LogP contribution in [0.1, 0.15) is 23.6 Å². The summed E-state index contributed by atoms with van der Waals surface area (Å²) in [6.45, 7) is 4.13. The summed E-state index contributed by atoms with van der Waals surface area (Å²) in [5.74, 6) is -0.655. The van der Waals surface area contributed by atoms with Crippen molar-refractivity contribution >= 4 is 34.9 Å². The number of aromatic hydroxyl groups is 1. The lowest BCUT2D eigenvalue weighted by Gasteiger charge is -2.12. The number of rotatable bonds is 7. The first-order valence-corrected chi connectivity index (χ1v) is 10.2. The maximum absolute atomic E-state index is 12.6. The van der Waals surface area contributed by atoms with E-state index in [4.69, 9.17) is 4.74 Å². The number of nitrogens with one attached hydrogen (secondary N) is 1. The van der Waals surface area contributed by atoms with Gasteiger partial charge in [-0.25, -0.2) is 0 Å². The summed E-state index contributed by atoms with van der Waals surface area (Å²) in [7, 11) is 0. The summed E-state index contributed by atoms with van der Waals surface area (Å²) >= 11 is 0.773. The number of hydrogen-bond donors (Lipinski definition) is 2. The summed E-state index contributed by atoms with van der Waals surface area (Å²) < 4.78 is 5.33. The van der Waals surface area contributed by atoms with Gasteiger partial charge < -0.3 is 15.2 Å². The minimum atomic E-state index is -0.526. The molecular formula is C22H22N2O5S. The lowest BCUT2D eigenvalue weighted by molar-refractivity contribution is -0.129. The maximum atomic E-state index is 12.6. The van der Waals surface area contributed by atoms with Gasteiger partial charge in [0.05, 0.1) is 11.5 Å². The van der Waals surface area contributed by atoms with Gasteiger partial charge in [-0.2, -0.15) is 0 Å². The number of phenolic OH excluding ortho intramolecular Hbond substituents is 1. The zero-order valence-electron chi connectivity index (χ0n) is 16.7. The molecule has 3 rings (SSSR count). The van der Waals surface area contributed by atoms with E-state index >= 15 is 0 Å². The summed E-state index contributed by atoms with van der Waals surface area (Å²) in [5, 5.41) is 12.0. The summed E-state index contributed by atoms with van der Waals surface area (Å²) in [5.41, 5.74) is 2.66. The van der Waals surface area contributed by atoms with E-state index in [2.05, 4.69) is 5.32 Å². The van der Waals surface area contributed by atoms with Crippen LogP contribution in [-0.4, -0.2) is 40.2 Å². The van der Waals surface area contributed by atoms with E-state index in [0.717, 1.165) is 27.8 Å². The molecule has 0 spiro atoms. The standard InChI is InChI=1S/C22H22N2O5S/c1-3-29-18-10-16(8-9-17(18)25)11-19-21(27)24(22(28)30-19)13-20(26)23-12-15-6-4-14(2)5-7-15/h4-11,25H,3,12-13H2,1-2H3,(H,23,26)/b19-11-. The van der Waals surface area contributed by atoms with E-state index in [-0.39, 0.29) is 17.2 Å². The number of phenols is 1. The van der Waals surface area contributed by atoms with Crippen LogP contribution in [0.5, 0.6) is 11.5 Å². The molecule has 1 heterocycles. The number of aryl methyl sites for hydroxylation is 1. The van der Waals surface area contributed by atoms with Gasteiger partial charge in [0, 0.05) is 6.54 Å². The summed E-state index contributed by atoms with van der Waals surface area (Å²) in [6.07, 6.45) is 1.54. The number of imide groups is 1. The monoisotopic (exact) mass is 426 g/mol. The van der Waals surface area contributed by atoms with Gasteiger partial charge >= 0.3 is 0 Å². The van der Waals surface area contributed by atoms with Crippen LogP contribution in [0, 0.1) is 6.92 Å². The second-order valence-electron chi connectivity index (χ2n) is 6.69. The third-order valence-corrected chi connectivity index (χ3v) is 5.27. The van der Waals surface area contributed by atoms with Crippen LogP contribution >= 0.6 is 11.8 Å². The molecule has 2 aromatic rings. The molecule has 1 aliphatic heterocycles. The molecule has 0 bridgehead atoms. The van der Waals surface area contributed by atoms with Gasteiger partial charge in [0.2, 0.25) is 5.91 Å². The maximum Gasteiger partial charge on any atom is 0.294 e. The third-order valence-electron chi connectivity index (χ3n) is 4.37. The molecule has 3 amide bonds. The van der Waals surface area contributed by atoms with Crippen LogP contribution < -0.4 is 10.1 Å². The molecule has 1 fully saturated rings. The Kier molecular flexibility index (Phi) is 6.79. The van der Waals surface area contributed by atoms with Crippen LogP contribution in [-0.2, 0) is 16.1 Å². The molecule has 0 atom stereocenters. The van der Waals surface area contributed by atoms with Crippen LogP contribution in [0.2, 0.25) is 0 Å². The minimum Gasteiger partial charge on any atom is -0.504 e. The molecule has 2 N–H and O–H groups in total. The second-order valence-corrected chi connectivity index (χ2v) is 7.68. The molecule has 0 unspecified atom stereocenters. The van der Waals surface area contributed by atoms with Crippen molar-refractivity contribution < 1.29 is 24.2 Å². The quantitative estimate of drug-likeness (QED) is 0.659. The van der Waals surface area contributed by atoms with E-state index in [1.54, 1.807) is 19.1 Å². The molecule has 0 aliphatic carbocycles. The van der Waals surface area contributed by atoms with Crippen LogP contribution in [0.4, 0.5) is 4.79 Å². The molecule has 1 saturated heterocycles. The highest BCUT2D eigenvalue weighted by molar-refractivity contribution is 8.18. The Bertz CT molecular complexity index is 1000. The predicted molar refractivity (Wildman–Crippen MR) is 115 cm³/mol. The predicted octanol–water partition coefficient (Wildman–Crippen LogP) is 3.45. The zero-order valence-corrected chi connectivity index (χ0v) is 17.5. The first-order valence-electron chi connectivity index (χ1n) is 9.40. The highest BCUT2D eigenvalue weighted by atomic mass is 32.2. The summed E-state index contributed by atoms with van der Waals surface area (Å²) in [6, 6.07) is 12.4. The fourth-order valence-corrected chi connectivity index (χ4v) is 3.62. The highest BCUT2D eigenvalue weighted by Crippen LogP contribution is 2.34. The van der Waals surface area contributed by atoms with E-state index < -0.39 is 17.1 Å². The highest BCUT2D eigenvalue weighted by Gasteiger charge is 2.36. The van der Waals surface area contributed by atoms with Gasteiger partial charge in [-0.3, -0.25) is 19.3 Å². The Labute approximate surface area is 178 Å². The molecule has 0 aromatic heterocycles. The van der Waals surface area contributed by atoms with E-state index in [9.17, 15) is 19.5 Å². The fourth-order valence-electron chi connectivity index (χ4n) is 2.79. The van der Waals surface area contributed by atoms with Crippen molar-refractivity contribution in [3.05, 3.63) is 64.1 Å². The topological polar surface area (TPSA) is 95.9 Å². The molecule has 2 aromatic carbocycles. The molecule has 8 heteroatoms. The molecule has 30 heavy (non-hydrogen) atoms. The number of nitrogens with zero attached hydrogens (tertiary/aromatic N) is 1.